The third-order valence-electron chi connectivity index (χ3n) is 5.51. The molecule has 0 aromatic heterocycles. The lowest BCUT2D eigenvalue weighted by Crippen LogP contribution is -2.45. The van der Waals surface area contributed by atoms with Gasteiger partial charge >= 0.3 is 0 Å². The molecule has 2 N–H and O–H groups in total. The van der Waals surface area contributed by atoms with Crippen LogP contribution >= 0.6 is 11.8 Å². The van der Waals surface area contributed by atoms with Crippen LogP contribution in [-0.4, -0.2) is 62.2 Å². The molecule has 2 rings (SSSR count). The van der Waals surface area contributed by atoms with Crippen molar-refractivity contribution in [2.45, 2.75) is 44.4 Å². The minimum absolute atomic E-state index is 0.152. The van der Waals surface area contributed by atoms with Gasteiger partial charge in [-0.3, -0.25) is 9.89 Å². The monoisotopic (exact) mass is 406 g/mol. The number of guanidine groups is 1. The number of aliphatic imine (C=N–C) groups is 1. The number of hydrogen-bond acceptors (Lipinski definition) is 4. The SMILES string of the molecule is CCNC(=NCC(C)(C)SC)NCC1CCCN(C)C1c1ccc(OC)cc1. The number of thioether (sulfide) groups is 1. The number of methoxy groups -OCH3 is 1. The molecular formula is C22H38N4OS. The smallest absolute Gasteiger partial charge is 0.191 e. The average Bonchev–Trinajstić information content (AvgIpc) is 2.70. The highest BCUT2D eigenvalue weighted by Crippen LogP contribution is 2.35. The highest BCUT2D eigenvalue weighted by molar-refractivity contribution is 7.99. The van der Waals surface area contributed by atoms with Gasteiger partial charge in [0, 0.05) is 23.9 Å². The molecule has 2 unspecified atom stereocenters. The van der Waals surface area contributed by atoms with Gasteiger partial charge in [-0.15, -0.1) is 0 Å². The van der Waals surface area contributed by atoms with Crippen LogP contribution in [0.4, 0.5) is 0 Å². The van der Waals surface area contributed by atoms with Crippen molar-refractivity contribution < 1.29 is 4.74 Å². The Morgan fingerprint density at radius 1 is 1.29 bits per heavy atom. The van der Waals surface area contributed by atoms with Crippen LogP contribution in [0, 0.1) is 5.92 Å². The predicted molar refractivity (Wildman–Crippen MR) is 123 cm³/mol. The van der Waals surface area contributed by atoms with Crippen LogP contribution in [-0.2, 0) is 0 Å². The van der Waals surface area contributed by atoms with Crippen LogP contribution in [0.15, 0.2) is 29.3 Å². The van der Waals surface area contributed by atoms with E-state index in [0.29, 0.717) is 12.0 Å². The molecule has 5 nitrogen and oxygen atoms in total. The summed E-state index contributed by atoms with van der Waals surface area (Å²) in [7, 11) is 3.95. The molecule has 0 amide bonds. The third-order valence-corrected chi connectivity index (χ3v) is 6.75. The highest BCUT2D eigenvalue weighted by Gasteiger charge is 2.30. The van der Waals surface area contributed by atoms with Gasteiger partial charge in [0.25, 0.3) is 0 Å². The van der Waals surface area contributed by atoms with Crippen LogP contribution < -0.4 is 15.4 Å². The zero-order chi connectivity index (χ0) is 20.6. The molecule has 6 heteroatoms. The molecule has 1 saturated heterocycles. The third kappa shape index (κ3) is 6.59. The lowest BCUT2D eigenvalue weighted by atomic mass is 9.85. The summed E-state index contributed by atoms with van der Waals surface area (Å²) in [6, 6.07) is 8.96. The number of nitrogens with one attached hydrogen (secondary N) is 2. The lowest BCUT2D eigenvalue weighted by molar-refractivity contribution is 0.122. The molecule has 1 aliphatic rings. The first-order valence-electron chi connectivity index (χ1n) is 10.3. The van der Waals surface area contributed by atoms with E-state index in [1.165, 1.54) is 18.4 Å². The van der Waals surface area contributed by atoms with Crippen molar-refractivity contribution in [2.75, 3.05) is 46.6 Å². The van der Waals surface area contributed by atoms with Gasteiger partial charge in [-0.1, -0.05) is 12.1 Å². The van der Waals surface area contributed by atoms with E-state index >= 15 is 0 Å². The Labute approximate surface area is 175 Å². The molecule has 0 bridgehead atoms. The van der Waals surface area contributed by atoms with E-state index in [4.69, 9.17) is 9.73 Å². The molecule has 0 spiro atoms. The quantitative estimate of drug-likeness (QED) is 0.508. The molecule has 158 valence electrons. The van der Waals surface area contributed by atoms with Crippen molar-refractivity contribution in [1.82, 2.24) is 15.5 Å². The number of benzene rings is 1. The largest absolute Gasteiger partial charge is 0.497 e. The summed E-state index contributed by atoms with van der Waals surface area (Å²) in [5.41, 5.74) is 1.36. The van der Waals surface area contributed by atoms with Gasteiger partial charge in [-0.2, -0.15) is 11.8 Å². The Hall–Kier alpha value is -1.40. The molecule has 0 aliphatic carbocycles. The van der Waals surface area contributed by atoms with Crippen molar-refractivity contribution in [3.63, 3.8) is 0 Å². The molecule has 1 aromatic rings. The summed E-state index contributed by atoms with van der Waals surface area (Å²) in [5, 5.41) is 7.01. The second kappa shape index (κ2) is 11.0. The predicted octanol–water partition coefficient (Wildman–Crippen LogP) is 3.77. The van der Waals surface area contributed by atoms with Crippen molar-refractivity contribution in [1.29, 1.82) is 0 Å². The van der Waals surface area contributed by atoms with E-state index < -0.39 is 0 Å². The van der Waals surface area contributed by atoms with Gasteiger partial charge in [0.15, 0.2) is 5.96 Å². The molecule has 1 fully saturated rings. The van der Waals surface area contributed by atoms with Gasteiger partial charge in [0.2, 0.25) is 0 Å². The molecule has 1 aromatic carbocycles. The minimum Gasteiger partial charge on any atom is -0.497 e. The molecule has 1 heterocycles. The van der Waals surface area contributed by atoms with Crippen LogP contribution in [0.2, 0.25) is 0 Å². The maximum absolute atomic E-state index is 5.33. The molecular weight excluding hydrogens is 368 g/mol. The van der Waals surface area contributed by atoms with Crippen molar-refractivity contribution in [3.8, 4) is 5.75 Å². The Balaban J connectivity index is 2.08. The topological polar surface area (TPSA) is 48.9 Å². The number of nitrogens with zero attached hydrogens (tertiary/aromatic N) is 2. The number of piperidine rings is 1. The summed E-state index contributed by atoms with van der Waals surface area (Å²) in [6.45, 7) is 10.3. The highest BCUT2D eigenvalue weighted by atomic mass is 32.2. The molecule has 2 atom stereocenters. The fourth-order valence-electron chi connectivity index (χ4n) is 3.70. The number of rotatable bonds is 8. The zero-order valence-electron chi connectivity index (χ0n) is 18.4. The van der Waals surface area contributed by atoms with Crippen LogP contribution in [0.3, 0.4) is 0 Å². The molecule has 0 saturated carbocycles. The normalized spacial score (nSPS) is 21.4. The van der Waals surface area contributed by atoms with E-state index in [9.17, 15) is 0 Å². The lowest BCUT2D eigenvalue weighted by Gasteiger charge is -2.40. The summed E-state index contributed by atoms with van der Waals surface area (Å²) >= 11 is 1.85. The summed E-state index contributed by atoms with van der Waals surface area (Å²) in [5.74, 6) is 2.38. The molecule has 28 heavy (non-hydrogen) atoms. The van der Waals surface area contributed by atoms with Gasteiger partial charge in [0.05, 0.1) is 13.7 Å². The minimum atomic E-state index is 0.152. The average molecular weight is 407 g/mol. The van der Waals surface area contributed by atoms with Crippen molar-refractivity contribution >= 4 is 17.7 Å². The van der Waals surface area contributed by atoms with E-state index in [-0.39, 0.29) is 4.75 Å². The first-order valence-corrected chi connectivity index (χ1v) is 11.5. The van der Waals surface area contributed by atoms with E-state index in [2.05, 4.69) is 73.9 Å². The van der Waals surface area contributed by atoms with E-state index in [1.54, 1.807) is 7.11 Å². The second-order valence-corrected chi connectivity index (χ2v) is 9.65. The summed E-state index contributed by atoms with van der Waals surface area (Å²) < 4.78 is 5.48. The van der Waals surface area contributed by atoms with E-state index in [1.807, 2.05) is 11.8 Å². The Morgan fingerprint density at radius 3 is 2.61 bits per heavy atom. The maximum atomic E-state index is 5.33. The van der Waals surface area contributed by atoms with Gasteiger partial charge < -0.3 is 15.4 Å². The fraction of sp³-hybridized carbons (Fsp3) is 0.682. The Bertz CT molecular complexity index is 617. The first kappa shape index (κ1) is 22.9. The first-order chi connectivity index (χ1) is 13.4. The van der Waals surface area contributed by atoms with Gasteiger partial charge in [-0.05, 0) is 77.1 Å². The second-order valence-electron chi connectivity index (χ2n) is 8.14. The van der Waals surface area contributed by atoms with Crippen LogP contribution in [0.25, 0.3) is 0 Å². The van der Waals surface area contributed by atoms with Crippen LogP contribution in [0.1, 0.15) is 45.2 Å². The van der Waals surface area contributed by atoms with Crippen LogP contribution in [0.5, 0.6) is 5.75 Å². The molecule has 0 radical (unpaired) electrons. The summed E-state index contributed by atoms with van der Waals surface area (Å²) in [4.78, 5) is 7.31. The zero-order valence-corrected chi connectivity index (χ0v) is 19.2. The molecule has 1 aliphatic heterocycles. The Morgan fingerprint density at radius 2 is 2.00 bits per heavy atom. The number of likely N-dealkylation sites (tertiary alicyclic amines) is 1. The number of hydrogen-bond donors (Lipinski definition) is 2. The number of ether oxygens (including phenoxy) is 1. The fourth-order valence-corrected chi connectivity index (χ4v) is 3.90. The maximum Gasteiger partial charge on any atom is 0.191 e. The van der Waals surface area contributed by atoms with Gasteiger partial charge in [-0.25, -0.2) is 0 Å². The summed E-state index contributed by atoms with van der Waals surface area (Å²) in [6.07, 6.45) is 4.61. The van der Waals surface area contributed by atoms with Crippen molar-refractivity contribution in [2.24, 2.45) is 10.9 Å². The Kier molecular flexibility index (Phi) is 8.96. The van der Waals surface area contributed by atoms with Gasteiger partial charge in [0.1, 0.15) is 5.75 Å². The van der Waals surface area contributed by atoms with Crippen molar-refractivity contribution in [3.05, 3.63) is 29.8 Å². The van der Waals surface area contributed by atoms with E-state index in [0.717, 1.165) is 37.9 Å². The standard InChI is InChI=1S/C22H38N4OS/c1-7-23-21(25-16-22(2,3)28-6)24-15-18-9-8-14-26(4)20(18)17-10-12-19(27-5)13-11-17/h10-13,18,20H,7-9,14-16H2,1-6H3,(H2,23,24,25).